The second kappa shape index (κ2) is 6.13. The number of anilines is 1. The normalized spacial score (nSPS) is 21.5. The number of nitrogens with zero attached hydrogens (tertiary/aromatic N) is 1. The van der Waals surface area contributed by atoms with Crippen LogP contribution < -0.4 is 5.32 Å². The largest absolute Gasteiger partial charge is 0.481 e. The molecule has 1 amide bonds. The number of hydrogen-bond donors (Lipinski definition) is 2. The highest BCUT2D eigenvalue weighted by molar-refractivity contribution is 6.01. The number of hydrogen-bond acceptors (Lipinski definition) is 3. The van der Waals surface area contributed by atoms with Gasteiger partial charge in [0.2, 0.25) is 5.91 Å². The van der Waals surface area contributed by atoms with Gasteiger partial charge in [-0.2, -0.15) is 0 Å². The van der Waals surface area contributed by atoms with Crippen molar-refractivity contribution in [1.82, 2.24) is 4.98 Å². The summed E-state index contributed by atoms with van der Waals surface area (Å²) in [5.74, 6) is -1.19. The van der Waals surface area contributed by atoms with Crippen molar-refractivity contribution < 1.29 is 14.7 Å². The summed E-state index contributed by atoms with van der Waals surface area (Å²) < 4.78 is 0. The minimum absolute atomic E-state index is 0.0276. The summed E-state index contributed by atoms with van der Waals surface area (Å²) in [6, 6.07) is 9.41. The van der Waals surface area contributed by atoms with E-state index in [1.807, 2.05) is 30.3 Å². The van der Waals surface area contributed by atoms with E-state index in [0.717, 1.165) is 16.6 Å². The van der Waals surface area contributed by atoms with E-state index in [2.05, 4.69) is 10.3 Å². The van der Waals surface area contributed by atoms with Crippen LogP contribution in [-0.4, -0.2) is 22.0 Å². The van der Waals surface area contributed by atoms with Gasteiger partial charge in [-0.15, -0.1) is 0 Å². The van der Waals surface area contributed by atoms with Crippen molar-refractivity contribution in [2.24, 2.45) is 11.8 Å². The smallest absolute Gasteiger partial charge is 0.306 e. The Morgan fingerprint density at radius 3 is 2.50 bits per heavy atom. The summed E-state index contributed by atoms with van der Waals surface area (Å²) in [5, 5.41) is 12.9. The number of carbonyl (C=O) groups excluding carboxylic acids is 1. The second-order valence-corrected chi connectivity index (χ2v) is 5.75. The Morgan fingerprint density at radius 1 is 1.05 bits per heavy atom. The quantitative estimate of drug-likeness (QED) is 0.912. The molecule has 2 N–H and O–H groups in total. The molecule has 3 rings (SSSR count). The number of benzene rings is 1. The summed E-state index contributed by atoms with van der Waals surface area (Å²) in [4.78, 5) is 27.6. The van der Waals surface area contributed by atoms with Crippen LogP contribution in [0.4, 0.5) is 5.69 Å². The minimum atomic E-state index is -0.751. The van der Waals surface area contributed by atoms with Crippen LogP contribution in [0.1, 0.15) is 25.7 Å². The topological polar surface area (TPSA) is 79.3 Å². The maximum Gasteiger partial charge on any atom is 0.306 e. The van der Waals surface area contributed by atoms with Crippen molar-refractivity contribution in [2.45, 2.75) is 25.7 Å². The number of fused-ring (bicyclic) bond motifs is 1. The molecular weight excluding hydrogens is 280 g/mol. The number of pyridine rings is 1. The van der Waals surface area contributed by atoms with E-state index in [1.165, 1.54) is 0 Å². The van der Waals surface area contributed by atoms with Crippen molar-refractivity contribution in [3.63, 3.8) is 0 Å². The van der Waals surface area contributed by atoms with E-state index >= 15 is 0 Å². The van der Waals surface area contributed by atoms with Crippen molar-refractivity contribution in [2.75, 3.05) is 5.32 Å². The van der Waals surface area contributed by atoms with Gasteiger partial charge >= 0.3 is 5.97 Å². The molecule has 2 aromatic rings. The summed E-state index contributed by atoms with van der Waals surface area (Å²) >= 11 is 0. The number of rotatable bonds is 3. The number of nitrogens with one attached hydrogen (secondary N) is 1. The summed E-state index contributed by atoms with van der Waals surface area (Å²) in [5.41, 5.74) is 1.60. The van der Waals surface area contributed by atoms with Crippen LogP contribution >= 0.6 is 0 Å². The summed E-state index contributed by atoms with van der Waals surface area (Å²) in [7, 11) is 0. The van der Waals surface area contributed by atoms with Gasteiger partial charge in [0.1, 0.15) is 0 Å². The molecule has 1 aliphatic rings. The average Bonchev–Trinajstić information content (AvgIpc) is 2.55. The Kier molecular flexibility index (Phi) is 4.04. The Hall–Kier alpha value is -2.43. The third-order valence-corrected chi connectivity index (χ3v) is 4.35. The molecule has 1 aliphatic carbocycles. The molecule has 0 aliphatic heterocycles. The van der Waals surface area contributed by atoms with Crippen molar-refractivity contribution >= 4 is 28.5 Å². The highest BCUT2D eigenvalue weighted by Gasteiger charge is 2.29. The zero-order valence-electron chi connectivity index (χ0n) is 12.2. The predicted molar refractivity (Wildman–Crippen MR) is 83.5 cm³/mol. The van der Waals surface area contributed by atoms with Crippen LogP contribution in [0.3, 0.4) is 0 Å². The first-order valence-corrected chi connectivity index (χ1v) is 7.52. The van der Waals surface area contributed by atoms with Crippen molar-refractivity contribution in [3.8, 4) is 0 Å². The number of carboxylic acid groups (broad SMARTS) is 1. The van der Waals surface area contributed by atoms with Gasteiger partial charge in [0.25, 0.3) is 0 Å². The lowest BCUT2D eigenvalue weighted by Crippen LogP contribution is -2.29. The van der Waals surface area contributed by atoms with Crippen LogP contribution in [0.15, 0.2) is 36.5 Å². The van der Waals surface area contributed by atoms with Gasteiger partial charge in [-0.3, -0.25) is 14.6 Å². The van der Waals surface area contributed by atoms with Gasteiger partial charge < -0.3 is 10.4 Å². The molecule has 0 unspecified atom stereocenters. The molecule has 5 nitrogen and oxygen atoms in total. The van der Waals surface area contributed by atoms with E-state index in [1.54, 1.807) is 6.20 Å². The molecular formula is C17H18N2O3. The fourth-order valence-corrected chi connectivity index (χ4v) is 3.05. The minimum Gasteiger partial charge on any atom is -0.481 e. The summed E-state index contributed by atoms with van der Waals surface area (Å²) in [6.45, 7) is 0. The van der Waals surface area contributed by atoms with Crippen LogP contribution in [0.2, 0.25) is 0 Å². The fourth-order valence-electron chi connectivity index (χ4n) is 3.05. The Labute approximate surface area is 128 Å². The number of aliphatic carboxylic acids is 1. The highest BCUT2D eigenvalue weighted by Crippen LogP contribution is 2.30. The molecule has 0 spiro atoms. The molecule has 1 heterocycles. The maximum absolute atomic E-state index is 12.4. The van der Waals surface area contributed by atoms with Crippen molar-refractivity contribution in [3.05, 3.63) is 36.5 Å². The predicted octanol–water partition coefficient (Wildman–Crippen LogP) is 3.06. The van der Waals surface area contributed by atoms with E-state index in [9.17, 15) is 9.59 Å². The molecule has 0 saturated heterocycles. The second-order valence-electron chi connectivity index (χ2n) is 5.75. The number of carbonyl (C=O) groups is 2. The van der Waals surface area contributed by atoms with E-state index in [4.69, 9.17) is 5.11 Å². The number of amides is 1. The lowest BCUT2D eigenvalue weighted by molar-refractivity contribution is -0.143. The molecule has 0 atom stereocenters. The molecule has 0 radical (unpaired) electrons. The molecule has 1 aromatic heterocycles. The molecule has 0 bridgehead atoms. The maximum atomic E-state index is 12.4. The van der Waals surface area contributed by atoms with Gasteiger partial charge in [-0.1, -0.05) is 6.07 Å². The number of carboxylic acids is 1. The first-order valence-electron chi connectivity index (χ1n) is 7.52. The SMILES string of the molecule is O=C(O)C1CCC(C(=O)Nc2cccc3ncccc23)CC1. The first-order chi connectivity index (χ1) is 10.6. The highest BCUT2D eigenvalue weighted by atomic mass is 16.4. The zero-order chi connectivity index (χ0) is 15.5. The Morgan fingerprint density at radius 2 is 1.77 bits per heavy atom. The monoisotopic (exact) mass is 298 g/mol. The van der Waals surface area contributed by atoms with E-state index in [0.29, 0.717) is 25.7 Å². The Balaban J connectivity index is 1.70. The Bertz CT molecular complexity index is 701. The fraction of sp³-hybridized carbons (Fsp3) is 0.353. The standard InChI is InChI=1S/C17H18N2O3/c20-16(11-6-8-12(9-7-11)17(21)22)19-15-5-1-4-14-13(15)3-2-10-18-14/h1-5,10-12H,6-9H2,(H,19,20)(H,21,22). The van der Waals surface area contributed by atoms with Gasteiger partial charge in [0.15, 0.2) is 0 Å². The lowest BCUT2D eigenvalue weighted by atomic mass is 9.81. The molecule has 114 valence electrons. The summed E-state index contributed by atoms with van der Waals surface area (Å²) in [6.07, 6.45) is 4.13. The third-order valence-electron chi connectivity index (χ3n) is 4.35. The van der Waals surface area contributed by atoms with Crippen LogP contribution in [0.5, 0.6) is 0 Å². The molecule has 1 aromatic carbocycles. The zero-order valence-corrected chi connectivity index (χ0v) is 12.2. The van der Waals surface area contributed by atoms with Crippen LogP contribution in [0, 0.1) is 11.8 Å². The molecule has 5 heteroatoms. The first kappa shape index (κ1) is 14.5. The van der Waals surface area contributed by atoms with Crippen molar-refractivity contribution in [1.29, 1.82) is 0 Å². The molecule has 1 fully saturated rings. The van der Waals surface area contributed by atoms with Gasteiger partial charge in [0, 0.05) is 17.5 Å². The van der Waals surface area contributed by atoms with E-state index < -0.39 is 5.97 Å². The third kappa shape index (κ3) is 2.93. The van der Waals surface area contributed by atoms with Crippen LogP contribution in [0.25, 0.3) is 10.9 Å². The van der Waals surface area contributed by atoms with Gasteiger partial charge in [0.05, 0.1) is 17.1 Å². The van der Waals surface area contributed by atoms with Gasteiger partial charge in [-0.05, 0) is 49.9 Å². The average molecular weight is 298 g/mol. The van der Waals surface area contributed by atoms with E-state index in [-0.39, 0.29) is 17.7 Å². The van der Waals surface area contributed by atoms with Crippen LogP contribution in [-0.2, 0) is 9.59 Å². The van der Waals surface area contributed by atoms with Gasteiger partial charge in [-0.25, -0.2) is 0 Å². The number of aromatic nitrogens is 1. The molecule has 1 saturated carbocycles. The lowest BCUT2D eigenvalue weighted by Gasteiger charge is -2.25. The molecule has 22 heavy (non-hydrogen) atoms.